The lowest BCUT2D eigenvalue weighted by atomic mass is 10.1. The lowest BCUT2D eigenvalue weighted by Gasteiger charge is -2.29. The predicted molar refractivity (Wildman–Crippen MR) is 111 cm³/mol. The summed E-state index contributed by atoms with van der Waals surface area (Å²) in [6, 6.07) is 9.52. The molecule has 0 radical (unpaired) electrons. The second kappa shape index (κ2) is 12.1. The summed E-state index contributed by atoms with van der Waals surface area (Å²) >= 11 is 0. The van der Waals surface area contributed by atoms with E-state index in [4.69, 9.17) is 0 Å². The van der Waals surface area contributed by atoms with Gasteiger partial charge in [-0.2, -0.15) is 0 Å². The molecular formula is C22H40P+. The van der Waals surface area contributed by atoms with Crippen molar-refractivity contribution < 1.29 is 0 Å². The van der Waals surface area contributed by atoms with E-state index in [1.54, 1.807) is 5.56 Å². The molecule has 1 aromatic rings. The fourth-order valence-electron chi connectivity index (χ4n) is 3.63. The molecule has 0 N–H and O–H groups in total. The molecule has 0 aliphatic rings. The van der Waals surface area contributed by atoms with E-state index in [0.29, 0.717) is 0 Å². The second-order valence-electron chi connectivity index (χ2n) is 7.11. The predicted octanol–water partition coefficient (Wildman–Crippen LogP) is 7.07. The van der Waals surface area contributed by atoms with Crippen LogP contribution in [0.2, 0.25) is 0 Å². The Labute approximate surface area is 146 Å². The zero-order valence-electron chi connectivity index (χ0n) is 16.2. The molecule has 1 aromatic carbocycles. The third-order valence-corrected chi connectivity index (χ3v) is 10.1. The van der Waals surface area contributed by atoms with Crippen LogP contribution >= 0.6 is 7.26 Å². The minimum absolute atomic E-state index is 0.976. The zero-order chi connectivity index (χ0) is 17.0. The Balaban J connectivity index is 3.17. The largest absolute Gasteiger partial charge is 0.0971 e. The van der Waals surface area contributed by atoms with Gasteiger partial charge in [0.25, 0.3) is 0 Å². The average molecular weight is 336 g/mol. The van der Waals surface area contributed by atoms with Gasteiger partial charge < -0.3 is 0 Å². The van der Waals surface area contributed by atoms with Crippen molar-refractivity contribution >= 4 is 12.6 Å². The molecule has 0 bridgehead atoms. The summed E-state index contributed by atoms with van der Waals surface area (Å²) in [7, 11) is -0.976. The molecule has 0 fully saturated rings. The lowest BCUT2D eigenvalue weighted by Crippen LogP contribution is -2.24. The van der Waals surface area contributed by atoms with Gasteiger partial charge in [0.15, 0.2) is 0 Å². The van der Waals surface area contributed by atoms with Crippen molar-refractivity contribution in [2.45, 2.75) is 85.5 Å². The Hall–Kier alpha value is -0.350. The molecule has 0 amide bonds. The van der Waals surface area contributed by atoms with Gasteiger partial charge in [-0.3, -0.25) is 0 Å². The molecular weight excluding hydrogens is 295 g/mol. The molecule has 0 aliphatic carbocycles. The monoisotopic (exact) mass is 335 g/mol. The summed E-state index contributed by atoms with van der Waals surface area (Å²) in [6.07, 6.45) is 16.7. The highest BCUT2D eigenvalue weighted by atomic mass is 31.2. The first-order valence-corrected chi connectivity index (χ1v) is 12.5. The number of hydrogen-bond acceptors (Lipinski definition) is 0. The molecule has 23 heavy (non-hydrogen) atoms. The standard InChI is InChI=1S/C22H40P/c1-5-9-15-21-16-13-14-17-22(21)23(18-10-6-2,19-11-7-3)20-12-8-4/h13-14,16-17H,5-12,15,18-20H2,1-4H3/q+1. The fourth-order valence-corrected chi connectivity index (χ4v) is 8.99. The van der Waals surface area contributed by atoms with Gasteiger partial charge in [0.2, 0.25) is 0 Å². The molecule has 0 saturated carbocycles. The third kappa shape index (κ3) is 6.58. The van der Waals surface area contributed by atoms with Crippen LogP contribution in [-0.2, 0) is 6.42 Å². The molecule has 0 aliphatic heterocycles. The van der Waals surface area contributed by atoms with Crippen molar-refractivity contribution in [3.63, 3.8) is 0 Å². The van der Waals surface area contributed by atoms with Gasteiger partial charge >= 0.3 is 0 Å². The summed E-state index contributed by atoms with van der Waals surface area (Å²) in [6.45, 7) is 9.39. The van der Waals surface area contributed by atoms with Crippen LogP contribution in [0.5, 0.6) is 0 Å². The van der Waals surface area contributed by atoms with E-state index in [-0.39, 0.29) is 0 Å². The second-order valence-corrected chi connectivity index (χ2v) is 11.2. The number of rotatable bonds is 13. The minimum Gasteiger partial charge on any atom is -0.0654 e. The van der Waals surface area contributed by atoms with Crippen LogP contribution in [0.25, 0.3) is 0 Å². The topological polar surface area (TPSA) is 0 Å². The van der Waals surface area contributed by atoms with Gasteiger partial charge in [-0.05, 0) is 43.7 Å². The van der Waals surface area contributed by atoms with E-state index in [0.717, 1.165) is 0 Å². The zero-order valence-corrected chi connectivity index (χ0v) is 17.1. The molecule has 1 rings (SSSR count). The van der Waals surface area contributed by atoms with Crippen LogP contribution in [0.1, 0.15) is 84.6 Å². The van der Waals surface area contributed by atoms with Gasteiger partial charge in [0.1, 0.15) is 0 Å². The molecule has 0 unspecified atom stereocenters. The maximum atomic E-state index is 2.51. The Morgan fingerprint density at radius 3 is 1.61 bits per heavy atom. The number of benzene rings is 1. The Kier molecular flexibility index (Phi) is 10.9. The Bertz CT molecular complexity index is 388. The van der Waals surface area contributed by atoms with E-state index in [1.165, 1.54) is 76.3 Å². The summed E-state index contributed by atoms with van der Waals surface area (Å²) in [4.78, 5) is 0. The van der Waals surface area contributed by atoms with Gasteiger partial charge in [-0.25, -0.2) is 0 Å². The van der Waals surface area contributed by atoms with Crippen LogP contribution < -0.4 is 5.30 Å². The van der Waals surface area contributed by atoms with E-state index in [1.807, 2.05) is 5.30 Å². The maximum Gasteiger partial charge on any atom is 0.0971 e. The first-order valence-electron chi connectivity index (χ1n) is 10.2. The van der Waals surface area contributed by atoms with E-state index >= 15 is 0 Å². The molecule has 0 saturated heterocycles. The number of aryl methyl sites for hydroxylation is 1. The van der Waals surface area contributed by atoms with Crippen molar-refractivity contribution in [3.8, 4) is 0 Å². The molecule has 0 spiro atoms. The van der Waals surface area contributed by atoms with Crippen LogP contribution in [0.3, 0.4) is 0 Å². The van der Waals surface area contributed by atoms with Gasteiger partial charge in [0, 0.05) is 7.26 Å². The van der Waals surface area contributed by atoms with Gasteiger partial charge in [-0.15, -0.1) is 0 Å². The normalized spacial score (nSPS) is 11.8. The maximum absolute atomic E-state index is 2.51. The van der Waals surface area contributed by atoms with E-state index in [2.05, 4.69) is 52.0 Å². The number of hydrogen-bond donors (Lipinski definition) is 0. The van der Waals surface area contributed by atoms with Crippen molar-refractivity contribution in [2.24, 2.45) is 0 Å². The summed E-state index contributed by atoms with van der Waals surface area (Å²) in [5, 5.41) is 1.81. The minimum atomic E-state index is -0.976. The average Bonchev–Trinajstić information content (AvgIpc) is 2.60. The van der Waals surface area contributed by atoms with Crippen molar-refractivity contribution in [2.75, 3.05) is 18.5 Å². The first-order chi connectivity index (χ1) is 11.2. The molecule has 0 nitrogen and oxygen atoms in total. The fraction of sp³-hybridized carbons (Fsp3) is 0.727. The van der Waals surface area contributed by atoms with Crippen LogP contribution in [0.4, 0.5) is 0 Å². The van der Waals surface area contributed by atoms with Crippen LogP contribution in [-0.4, -0.2) is 18.5 Å². The molecule has 132 valence electrons. The summed E-state index contributed by atoms with van der Waals surface area (Å²) in [5.74, 6) is 0. The number of unbranched alkanes of at least 4 members (excludes halogenated alkanes) is 4. The van der Waals surface area contributed by atoms with Crippen LogP contribution in [0, 0.1) is 0 Å². The highest BCUT2D eigenvalue weighted by Crippen LogP contribution is 2.60. The van der Waals surface area contributed by atoms with E-state index < -0.39 is 7.26 Å². The van der Waals surface area contributed by atoms with E-state index in [9.17, 15) is 0 Å². The van der Waals surface area contributed by atoms with Gasteiger partial charge in [0.05, 0.1) is 23.8 Å². The van der Waals surface area contributed by atoms with Crippen molar-refractivity contribution in [1.29, 1.82) is 0 Å². The third-order valence-electron chi connectivity index (χ3n) is 5.12. The quantitative estimate of drug-likeness (QED) is 0.338. The highest BCUT2D eigenvalue weighted by molar-refractivity contribution is 7.83. The lowest BCUT2D eigenvalue weighted by molar-refractivity contribution is 0.796. The van der Waals surface area contributed by atoms with Crippen LogP contribution in [0.15, 0.2) is 24.3 Å². The summed E-state index contributed by atoms with van der Waals surface area (Å²) < 4.78 is 0. The van der Waals surface area contributed by atoms with Crippen molar-refractivity contribution in [3.05, 3.63) is 29.8 Å². The molecule has 0 atom stereocenters. The molecule has 1 heteroatoms. The molecule has 0 heterocycles. The van der Waals surface area contributed by atoms with Gasteiger partial charge in [-0.1, -0.05) is 71.6 Å². The highest BCUT2D eigenvalue weighted by Gasteiger charge is 2.39. The Morgan fingerprint density at radius 2 is 1.13 bits per heavy atom. The first kappa shape index (κ1) is 20.7. The SMILES string of the molecule is CCCCc1ccccc1[P+](CCCC)(CCCC)CCCC. The molecule has 0 aromatic heterocycles. The smallest absolute Gasteiger partial charge is 0.0654 e. The summed E-state index contributed by atoms with van der Waals surface area (Å²) in [5.41, 5.74) is 1.69. The Morgan fingerprint density at radius 1 is 0.652 bits per heavy atom. The van der Waals surface area contributed by atoms with Crippen molar-refractivity contribution in [1.82, 2.24) is 0 Å².